The van der Waals surface area contributed by atoms with E-state index in [0.29, 0.717) is 0 Å². The van der Waals surface area contributed by atoms with Crippen molar-refractivity contribution in [1.29, 1.82) is 0 Å². The molecule has 8 heteroatoms. The van der Waals surface area contributed by atoms with Gasteiger partial charge in [-0.05, 0) is 12.1 Å². The van der Waals surface area contributed by atoms with Gasteiger partial charge in [-0.1, -0.05) is 0 Å². The molecule has 0 bridgehead atoms. The number of carbonyl (C=O) groups excluding carboxylic acids is 1. The fraction of sp³-hybridized carbons (Fsp3) is 0.455. The lowest BCUT2D eigenvalue weighted by atomic mass is 10.3. The Bertz CT molecular complexity index is 590. The van der Waals surface area contributed by atoms with Gasteiger partial charge >= 0.3 is 5.97 Å². The lowest BCUT2D eigenvalue weighted by Crippen LogP contribution is -2.44. The SMILES string of the molecule is O=C(O)Cn1cccc1C(=O)N1CCS(=O)(=O)CC1. The molecule has 1 N–H and O–H groups in total. The van der Waals surface area contributed by atoms with E-state index in [-0.39, 0.29) is 42.7 Å². The first-order valence-electron chi connectivity index (χ1n) is 5.76. The Morgan fingerprint density at radius 2 is 1.89 bits per heavy atom. The van der Waals surface area contributed by atoms with Gasteiger partial charge in [0, 0.05) is 19.3 Å². The number of nitrogens with zero attached hydrogens (tertiary/aromatic N) is 2. The van der Waals surface area contributed by atoms with Gasteiger partial charge in [0.05, 0.1) is 11.5 Å². The maximum atomic E-state index is 12.2. The summed E-state index contributed by atoms with van der Waals surface area (Å²) in [4.78, 5) is 24.3. The van der Waals surface area contributed by atoms with E-state index in [2.05, 4.69) is 0 Å². The summed E-state index contributed by atoms with van der Waals surface area (Å²) in [6.07, 6.45) is 1.52. The Labute approximate surface area is 110 Å². The van der Waals surface area contributed by atoms with Crippen molar-refractivity contribution < 1.29 is 23.1 Å². The van der Waals surface area contributed by atoms with Crippen LogP contribution >= 0.6 is 0 Å². The second-order valence-corrected chi connectivity index (χ2v) is 6.66. The lowest BCUT2D eigenvalue weighted by Gasteiger charge is -2.27. The Hall–Kier alpha value is -1.83. The topological polar surface area (TPSA) is 96.7 Å². The van der Waals surface area contributed by atoms with Crippen molar-refractivity contribution in [3.8, 4) is 0 Å². The van der Waals surface area contributed by atoms with E-state index in [4.69, 9.17) is 5.11 Å². The summed E-state index contributed by atoms with van der Waals surface area (Å²) in [6.45, 7) is 0.0129. The van der Waals surface area contributed by atoms with E-state index < -0.39 is 15.8 Å². The predicted molar refractivity (Wildman–Crippen MR) is 66.6 cm³/mol. The molecule has 2 rings (SSSR count). The van der Waals surface area contributed by atoms with E-state index in [1.165, 1.54) is 21.7 Å². The van der Waals surface area contributed by atoms with E-state index in [1.807, 2.05) is 0 Å². The highest BCUT2D eigenvalue weighted by Gasteiger charge is 2.27. The smallest absolute Gasteiger partial charge is 0.323 e. The molecule has 2 heterocycles. The normalized spacial score (nSPS) is 18.2. The van der Waals surface area contributed by atoms with Crippen LogP contribution in [0.15, 0.2) is 18.3 Å². The third-order valence-corrected chi connectivity index (χ3v) is 4.60. The van der Waals surface area contributed by atoms with Crippen LogP contribution in [0.4, 0.5) is 0 Å². The molecule has 1 saturated heterocycles. The second-order valence-electron chi connectivity index (χ2n) is 4.36. The number of sulfone groups is 1. The Morgan fingerprint density at radius 3 is 2.47 bits per heavy atom. The highest BCUT2D eigenvalue weighted by atomic mass is 32.2. The number of aliphatic carboxylic acids is 1. The van der Waals surface area contributed by atoms with Crippen molar-refractivity contribution in [2.45, 2.75) is 6.54 Å². The number of carboxylic acid groups (broad SMARTS) is 1. The van der Waals surface area contributed by atoms with Gasteiger partial charge in [-0.3, -0.25) is 9.59 Å². The average Bonchev–Trinajstić information content (AvgIpc) is 2.75. The van der Waals surface area contributed by atoms with Crippen LogP contribution in [0.25, 0.3) is 0 Å². The molecule has 0 unspecified atom stereocenters. The third-order valence-electron chi connectivity index (χ3n) is 2.99. The summed E-state index contributed by atoms with van der Waals surface area (Å²) in [6, 6.07) is 3.13. The minimum atomic E-state index is -3.04. The molecule has 1 aromatic rings. The molecule has 1 aliphatic rings. The van der Waals surface area contributed by atoms with E-state index in [0.717, 1.165) is 0 Å². The molecule has 104 valence electrons. The first-order valence-corrected chi connectivity index (χ1v) is 7.58. The van der Waals surface area contributed by atoms with Crippen molar-refractivity contribution in [1.82, 2.24) is 9.47 Å². The van der Waals surface area contributed by atoms with Gasteiger partial charge in [0.1, 0.15) is 12.2 Å². The standard InChI is InChI=1S/C11H14N2O5S/c14-10(15)8-13-3-1-2-9(13)11(16)12-4-6-19(17,18)7-5-12/h1-3H,4-8H2,(H,14,15). The van der Waals surface area contributed by atoms with Crippen molar-refractivity contribution >= 4 is 21.7 Å². The van der Waals surface area contributed by atoms with Crippen LogP contribution in [0, 0.1) is 0 Å². The van der Waals surface area contributed by atoms with E-state index in [1.54, 1.807) is 6.07 Å². The van der Waals surface area contributed by atoms with Crippen LogP contribution in [-0.2, 0) is 21.2 Å². The summed E-state index contributed by atoms with van der Waals surface area (Å²) in [5, 5.41) is 8.75. The number of hydrogen-bond acceptors (Lipinski definition) is 4. The van der Waals surface area contributed by atoms with Gasteiger partial charge in [0.2, 0.25) is 0 Å². The largest absolute Gasteiger partial charge is 0.480 e. The molecule has 19 heavy (non-hydrogen) atoms. The fourth-order valence-corrected chi connectivity index (χ4v) is 3.17. The Morgan fingerprint density at radius 1 is 1.26 bits per heavy atom. The minimum Gasteiger partial charge on any atom is -0.480 e. The van der Waals surface area contributed by atoms with Crippen molar-refractivity contribution in [2.75, 3.05) is 24.6 Å². The van der Waals surface area contributed by atoms with Crippen LogP contribution in [-0.4, -0.2) is 59.5 Å². The predicted octanol–water partition coefficient (Wildman–Crippen LogP) is -0.557. The van der Waals surface area contributed by atoms with Crippen LogP contribution in [0.5, 0.6) is 0 Å². The molecule has 1 aromatic heterocycles. The zero-order chi connectivity index (χ0) is 14.0. The van der Waals surface area contributed by atoms with Gasteiger partial charge in [0.25, 0.3) is 5.91 Å². The van der Waals surface area contributed by atoms with Crippen molar-refractivity contribution in [3.63, 3.8) is 0 Å². The van der Waals surface area contributed by atoms with E-state index in [9.17, 15) is 18.0 Å². The summed E-state index contributed by atoms with van der Waals surface area (Å²) < 4.78 is 23.9. The number of hydrogen-bond donors (Lipinski definition) is 1. The van der Waals surface area contributed by atoms with Gasteiger partial charge in [-0.25, -0.2) is 8.42 Å². The molecular formula is C11H14N2O5S. The summed E-state index contributed by atoms with van der Waals surface area (Å²) >= 11 is 0. The molecule has 0 saturated carbocycles. The Kier molecular flexibility index (Phi) is 3.61. The van der Waals surface area contributed by atoms with Crippen LogP contribution in [0.2, 0.25) is 0 Å². The minimum absolute atomic E-state index is 0.0433. The quantitative estimate of drug-likeness (QED) is 0.803. The highest BCUT2D eigenvalue weighted by molar-refractivity contribution is 7.91. The summed E-state index contributed by atoms with van der Waals surface area (Å²) in [7, 11) is -3.04. The van der Waals surface area contributed by atoms with Crippen molar-refractivity contribution in [3.05, 3.63) is 24.0 Å². The lowest BCUT2D eigenvalue weighted by molar-refractivity contribution is -0.137. The molecule has 1 fully saturated rings. The fourth-order valence-electron chi connectivity index (χ4n) is 1.97. The molecule has 1 aliphatic heterocycles. The van der Waals surface area contributed by atoms with Crippen LogP contribution < -0.4 is 0 Å². The maximum Gasteiger partial charge on any atom is 0.323 e. The first kappa shape index (κ1) is 13.6. The monoisotopic (exact) mass is 286 g/mol. The van der Waals surface area contributed by atoms with Gasteiger partial charge in [-0.2, -0.15) is 0 Å². The van der Waals surface area contributed by atoms with Gasteiger partial charge in [-0.15, -0.1) is 0 Å². The summed E-state index contributed by atoms with van der Waals surface area (Å²) in [5.41, 5.74) is 0.265. The molecule has 0 spiro atoms. The third kappa shape index (κ3) is 3.14. The maximum absolute atomic E-state index is 12.2. The van der Waals surface area contributed by atoms with Crippen LogP contribution in [0.3, 0.4) is 0 Å². The summed E-state index contributed by atoms with van der Waals surface area (Å²) in [5.74, 6) is -1.45. The van der Waals surface area contributed by atoms with Crippen LogP contribution in [0.1, 0.15) is 10.5 Å². The molecular weight excluding hydrogens is 272 g/mol. The molecule has 7 nitrogen and oxygen atoms in total. The molecule has 1 amide bonds. The number of rotatable bonds is 3. The average molecular weight is 286 g/mol. The van der Waals surface area contributed by atoms with Gasteiger partial charge < -0.3 is 14.6 Å². The van der Waals surface area contributed by atoms with E-state index >= 15 is 0 Å². The molecule has 0 aromatic carbocycles. The Balaban J connectivity index is 2.12. The molecule has 0 aliphatic carbocycles. The second kappa shape index (κ2) is 5.04. The number of carbonyl (C=O) groups is 2. The molecule has 0 radical (unpaired) electrons. The number of amides is 1. The highest BCUT2D eigenvalue weighted by Crippen LogP contribution is 2.11. The zero-order valence-corrected chi connectivity index (χ0v) is 11.0. The van der Waals surface area contributed by atoms with Crippen molar-refractivity contribution in [2.24, 2.45) is 0 Å². The van der Waals surface area contributed by atoms with Gasteiger partial charge in [0.15, 0.2) is 9.84 Å². The first-order chi connectivity index (χ1) is 8.89. The zero-order valence-electron chi connectivity index (χ0n) is 10.2. The number of carboxylic acids is 1. The molecule has 0 atom stereocenters. The number of aromatic nitrogens is 1.